The van der Waals surface area contributed by atoms with Gasteiger partial charge in [0.05, 0.1) is 17.8 Å². The lowest BCUT2D eigenvalue weighted by atomic mass is 10.2. The molecule has 0 aromatic heterocycles. The minimum absolute atomic E-state index is 0.289. The van der Waals surface area contributed by atoms with E-state index in [0.29, 0.717) is 33.7 Å². The third kappa shape index (κ3) is 6.44. The summed E-state index contributed by atoms with van der Waals surface area (Å²) in [6, 6.07) is 15.8. The Bertz CT molecular complexity index is 1070. The van der Waals surface area contributed by atoms with Crippen LogP contribution >= 0.6 is 23.2 Å². The lowest BCUT2D eigenvalue weighted by Crippen LogP contribution is -2.17. The van der Waals surface area contributed by atoms with Crippen LogP contribution in [0.25, 0.3) is 0 Å². The Hall–Kier alpha value is -3.09. The fourth-order valence-electron chi connectivity index (χ4n) is 2.63. The van der Waals surface area contributed by atoms with Gasteiger partial charge in [0.25, 0.3) is 5.91 Å². The van der Waals surface area contributed by atoms with Crippen LogP contribution in [-0.2, 0) is 6.61 Å². The molecule has 1 N–H and O–H groups in total. The van der Waals surface area contributed by atoms with E-state index in [4.69, 9.17) is 32.7 Å². The van der Waals surface area contributed by atoms with Crippen molar-refractivity contribution >= 4 is 35.3 Å². The van der Waals surface area contributed by atoms with Crippen molar-refractivity contribution in [3.05, 3.63) is 93.2 Å². The first-order valence-electron chi connectivity index (χ1n) is 9.39. The SMILES string of the molecule is CCOc1cc(/C=N\NC(=O)c2ccc(F)cc2)cc(Cl)c1OCc1ccc(Cl)cc1. The molecule has 1 amide bonds. The van der Waals surface area contributed by atoms with Gasteiger partial charge in [0, 0.05) is 10.6 Å². The highest BCUT2D eigenvalue weighted by atomic mass is 35.5. The van der Waals surface area contributed by atoms with Gasteiger partial charge >= 0.3 is 0 Å². The molecule has 160 valence electrons. The smallest absolute Gasteiger partial charge is 0.271 e. The third-order valence-corrected chi connectivity index (χ3v) is 4.65. The van der Waals surface area contributed by atoms with Crippen molar-refractivity contribution in [2.45, 2.75) is 13.5 Å². The van der Waals surface area contributed by atoms with Crippen molar-refractivity contribution in [2.24, 2.45) is 5.10 Å². The average molecular weight is 461 g/mol. The summed E-state index contributed by atoms with van der Waals surface area (Å²) in [6.07, 6.45) is 1.43. The number of nitrogens with zero attached hydrogens (tertiary/aromatic N) is 1. The zero-order valence-electron chi connectivity index (χ0n) is 16.6. The third-order valence-electron chi connectivity index (χ3n) is 4.11. The second kappa shape index (κ2) is 10.8. The van der Waals surface area contributed by atoms with Gasteiger partial charge in [0.15, 0.2) is 11.5 Å². The summed E-state index contributed by atoms with van der Waals surface area (Å²) in [5.74, 6) is -0.0203. The molecule has 0 heterocycles. The first-order chi connectivity index (χ1) is 15.0. The summed E-state index contributed by atoms with van der Waals surface area (Å²) in [5, 5.41) is 4.91. The van der Waals surface area contributed by atoms with E-state index in [1.807, 2.05) is 19.1 Å². The maximum absolute atomic E-state index is 13.0. The van der Waals surface area contributed by atoms with E-state index >= 15 is 0 Å². The monoisotopic (exact) mass is 460 g/mol. The fraction of sp³-hybridized carbons (Fsp3) is 0.130. The van der Waals surface area contributed by atoms with Crippen LogP contribution in [0.15, 0.2) is 65.8 Å². The van der Waals surface area contributed by atoms with Crippen LogP contribution in [0.2, 0.25) is 10.0 Å². The molecule has 0 fully saturated rings. The predicted molar refractivity (Wildman–Crippen MR) is 120 cm³/mol. The molecule has 0 spiro atoms. The van der Waals surface area contributed by atoms with Crippen LogP contribution in [-0.4, -0.2) is 18.7 Å². The molecule has 0 aliphatic rings. The molecule has 0 saturated heterocycles. The van der Waals surface area contributed by atoms with Gasteiger partial charge in [-0.05, 0) is 66.6 Å². The molecule has 0 saturated carbocycles. The minimum Gasteiger partial charge on any atom is -0.490 e. The highest BCUT2D eigenvalue weighted by Crippen LogP contribution is 2.37. The number of benzene rings is 3. The standard InChI is InChI=1S/C23H19Cl2FN2O3/c1-2-30-21-12-16(13-27-28-23(29)17-5-9-19(26)10-6-17)11-20(25)22(21)31-14-15-3-7-18(24)8-4-15/h3-13H,2,14H2,1H3,(H,28,29)/b27-13-. The van der Waals surface area contributed by atoms with Crippen molar-refractivity contribution < 1.29 is 18.7 Å². The quantitative estimate of drug-likeness (QED) is 0.337. The summed E-state index contributed by atoms with van der Waals surface area (Å²) < 4.78 is 24.5. The van der Waals surface area contributed by atoms with Crippen molar-refractivity contribution in [3.63, 3.8) is 0 Å². The molecule has 31 heavy (non-hydrogen) atoms. The lowest BCUT2D eigenvalue weighted by molar-refractivity contribution is 0.0955. The number of carbonyl (C=O) groups is 1. The number of carbonyl (C=O) groups excluding carboxylic acids is 1. The zero-order valence-corrected chi connectivity index (χ0v) is 18.1. The Morgan fingerprint density at radius 3 is 2.45 bits per heavy atom. The second-order valence-electron chi connectivity index (χ2n) is 6.38. The largest absolute Gasteiger partial charge is 0.490 e. The maximum Gasteiger partial charge on any atom is 0.271 e. The van der Waals surface area contributed by atoms with Gasteiger partial charge < -0.3 is 9.47 Å². The topological polar surface area (TPSA) is 59.9 Å². The van der Waals surface area contributed by atoms with Crippen LogP contribution in [0.4, 0.5) is 4.39 Å². The number of halogens is 3. The number of amides is 1. The van der Waals surface area contributed by atoms with Crippen LogP contribution < -0.4 is 14.9 Å². The van der Waals surface area contributed by atoms with E-state index in [1.165, 1.54) is 30.5 Å². The summed E-state index contributed by atoms with van der Waals surface area (Å²) in [7, 11) is 0. The Labute approximate surface area is 189 Å². The van der Waals surface area contributed by atoms with Gasteiger partial charge in [-0.15, -0.1) is 0 Å². The van der Waals surface area contributed by atoms with E-state index < -0.39 is 11.7 Å². The zero-order chi connectivity index (χ0) is 22.2. The number of ether oxygens (including phenoxy) is 2. The van der Waals surface area contributed by atoms with Gasteiger partial charge in [-0.25, -0.2) is 9.82 Å². The summed E-state index contributed by atoms with van der Waals surface area (Å²) in [4.78, 5) is 12.1. The van der Waals surface area contributed by atoms with Crippen molar-refractivity contribution in [3.8, 4) is 11.5 Å². The summed E-state index contributed by atoms with van der Waals surface area (Å²) in [5.41, 5.74) is 4.21. The van der Waals surface area contributed by atoms with Crippen molar-refractivity contribution in [2.75, 3.05) is 6.61 Å². The molecule has 0 aliphatic carbocycles. The first-order valence-corrected chi connectivity index (χ1v) is 10.1. The maximum atomic E-state index is 13.0. The highest BCUT2D eigenvalue weighted by Gasteiger charge is 2.13. The number of hydrazone groups is 1. The summed E-state index contributed by atoms with van der Waals surface area (Å²) >= 11 is 12.3. The molecule has 5 nitrogen and oxygen atoms in total. The molecular formula is C23H19Cl2FN2O3. The van der Waals surface area contributed by atoms with Crippen LogP contribution in [0.5, 0.6) is 11.5 Å². The van der Waals surface area contributed by atoms with Crippen molar-refractivity contribution in [1.29, 1.82) is 0 Å². The van der Waals surface area contributed by atoms with Crippen LogP contribution in [0, 0.1) is 5.82 Å². The van der Waals surface area contributed by atoms with Gasteiger partial charge in [-0.2, -0.15) is 5.10 Å². The Morgan fingerprint density at radius 2 is 1.77 bits per heavy atom. The van der Waals surface area contributed by atoms with E-state index in [-0.39, 0.29) is 12.2 Å². The van der Waals surface area contributed by atoms with Crippen LogP contribution in [0.1, 0.15) is 28.4 Å². The molecule has 0 atom stereocenters. The average Bonchev–Trinajstić information content (AvgIpc) is 2.75. The van der Waals surface area contributed by atoms with Crippen molar-refractivity contribution in [1.82, 2.24) is 5.43 Å². The lowest BCUT2D eigenvalue weighted by Gasteiger charge is -2.14. The molecule has 3 rings (SSSR count). The summed E-state index contributed by atoms with van der Waals surface area (Å²) in [6.45, 7) is 2.55. The molecule has 3 aromatic carbocycles. The highest BCUT2D eigenvalue weighted by molar-refractivity contribution is 6.32. The molecule has 8 heteroatoms. The van der Waals surface area contributed by atoms with Gasteiger partial charge in [0.1, 0.15) is 12.4 Å². The van der Waals surface area contributed by atoms with E-state index in [1.54, 1.807) is 24.3 Å². The Morgan fingerprint density at radius 1 is 1.06 bits per heavy atom. The predicted octanol–water partition coefficient (Wildman–Crippen LogP) is 5.87. The molecule has 0 aliphatic heterocycles. The van der Waals surface area contributed by atoms with E-state index in [2.05, 4.69) is 10.5 Å². The Kier molecular flexibility index (Phi) is 7.87. The number of hydrogen-bond donors (Lipinski definition) is 1. The normalized spacial score (nSPS) is 10.8. The Balaban J connectivity index is 1.71. The fourth-order valence-corrected chi connectivity index (χ4v) is 3.03. The first kappa shape index (κ1) is 22.6. The minimum atomic E-state index is -0.463. The van der Waals surface area contributed by atoms with Gasteiger partial charge in [-0.1, -0.05) is 35.3 Å². The van der Waals surface area contributed by atoms with E-state index in [9.17, 15) is 9.18 Å². The molecule has 0 radical (unpaired) electrons. The number of nitrogens with one attached hydrogen (secondary N) is 1. The number of hydrogen-bond acceptors (Lipinski definition) is 4. The second-order valence-corrected chi connectivity index (χ2v) is 7.23. The number of rotatable bonds is 8. The molecule has 0 unspecified atom stereocenters. The van der Waals surface area contributed by atoms with Crippen LogP contribution in [0.3, 0.4) is 0 Å². The molecule has 0 bridgehead atoms. The van der Waals surface area contributed by atoms with E-state index in [0.717, 1.165) is 5.56 Å². The van der Waals surface area contributed by atoms with Gasteiger partial charge in [0.2, 0.25) is 0 Å². The molecular weight excluding hydrogens is 442 g/mol. The molecule has 3 aromatic rings. The van der Waals surface area contributed by atoms with Gasteiger partial charge in [-0.3, -0.25) is 4.79 Å².